The predicted octanol–water partition coefficient (Wildman–Crippen LogP) is 3.58. The van der Waals surface area contributed by atoms with Crippen LogP contribution in [0.25, 0.3) is 10.9 Å². The summed E-state index contributed by atoms with van der Waals surface area (Å²) in [6.07, 6.45) is 0.370. The highest BCUT2D eigenvalue weighted by Crippen LogP contribution is 2.39. The molecule has 7 heteroatoms. The molecule has 0 amide bonds. The molecule has 0 bridgehead atoms. The number of ether oxygens (including phenoxy) is 2. The fourth-order valence-corrected chi connectivity index (χ4v) is 3.98. The van der Waals surface area contributed by atoms with Gasteiger partial charge in [-0.05, 0) is 43.7 Å². The second-order valence-electron chi connectivity index (χ2n) is 6.60. The number of rotatable bonds is 5. The third kappa shape index (κ3) is 3.52. The second kappa shape index (κ2) is 6.90. The average molecular weight is 387 g/mol. The summed E-state index contributed by atoms with van der Waals surface area (Å²) >= 11 is 0. The van der Waals surface area contributed by atoms with Crippen LogP contribution in [-0.4, -0.2) is 32.7 Å². The van der Waals surface area contributed by atoms with Crippen LogP contribution in [0.5, 0.6) is 11.5 Å². The molecule has 1 aromatic heterocycles. The maximum atomic E-state index is 12.4. The maximum absolute atomic E-state index is 12.4. The van der Waals surface area contributed by atoms with Gasteiger partial charge in [-0.2, -0.15) is 8.42 Å². The fourth-order valence-electron chi connectivity index (χ4n) is 3.04. The summed E-state index contributed by atoms with van der Waals surface area (Å²) in [5.41, 5.74) is 3.04. The molecule has 1 unspecified atom stereocenters. The van der Waals surface area contributed by atoms with Crippen LogP contribution < -0.4 is 9.47 Å². The number of hydrogen-bond donors (Lipinski definition) is 1. The van der Waals surface area contributed by atoms with Crippen molar-refractivity contribution in [3.05, 3.63) is 53.7 Å². The number of aromatic amines is 1. The summed E-state index contributed by atoms with van der Waals surface area (Å²) in [5, 5.41) is 0.926. The third-order valence-electron chi connectivity index (χ3n) is 4.58. The van der Waals surface area contributed by atoms with E-state index in [0.29, 0.717) is 11.5 Å². The van der Waals surface area contributed by atoms with E-state index in [1.54, 1.807) is 12.1 Å². The second-order valence-corrected chi connectivity index (χ2v) is 8.22. The minimum Gasteiger partial charge on any atom is -0.486 e. The summed E-state index contributed by atoms with van der Waals surface area (Å²) in [6.45, 7) is 4.08. The van der Waals surface area contributed by atoms with Gasteiger partial charge in [0.2, 0.25) is 0 Å². The number of hydrogen-bond acceptors (Lipinski definition) is 5. The van der Waals surface area contributed by atoms with Crippen molar-refractivity contribution in [1.29, 1.82) is 0 Å². The van der Waals surface area contributed by atoms with Crippen molar-refractivity contribution in [2.24, 2.45) is 0 Å². The van der Waals surface area contributed by atoms with Crippen molar-refractivity contribution in [1.82, 2.24) is 4.98 Å². The van der Waals surface area contributed by atoms with Crippen molar-refractivity contribution in [2.75, 3.05) is 13.2 Å². The van der Waals surface area contributed by atoms with Crippen LogP contribution in [0.2, 0.25) is 0 Å². The first kappa shape index (κ1) is 17.9. The van der Waals surface area contributed by atoms with Crippen molar-refractivity contribution < 1.29 is 22.1 Å². The minimum absolute atomic E-state index is 0.114. The lowest BCUT2D eigenvalue weighted by molar-refractivity contribution is 0.0571. The molecule has 2 aromatic carbocycles. The molecular formula is C20H21NO5S. The van der Waals surface area contributed by atoms with E-state index in [2.05, 4.69) is 11.9 Å². The summed E-state index contributed by atoms with van der Waals surface area (Å²) in [7, 11) is -3.84. The van der Waals surface area contributed by atoms with E-state index in [0.717, 1.165) is 28.6 Å². The van der Waals surface area contributed by atoms with Crippen LogP contribution in [0.15, 0.2) is 47.4 Å². The highest BCUT2D eigenvalue weighted by molar-refractivity contribution is 7.86. The summed E-state index contributed by atoms with van der Waals surface area (Å²) in [4.78, 5) is 3.46. The highest BCUT2D eigenvalue weighted by Gasteiger charge is 2.26. The topological polar surface area (TPSA) is 77.6 Å². The molecule has 1 aliphatic rings. The molecule has 2 heterocycles. The number of fused-ring (bicyclic) bond motifs is 3. The van der Waals surface area contributed by atoms with E-state index >= 15 is 0 Å². The van der Waals surface area contributed by atoms with Gasteiger partial charge in [0.25, 0.3) is 10.1 Å². The Bertz CT molecular complexity index is 1070. The molecule has 0 fully saturated rings. The first-order chi connectivity index (χ1) is 13.0. The van der Waals surface area contributed by atoms with Gasteiger partial charge in [0.05, 0.1) is 4.90 Å². The lowest BCUT2D eigenvalue weighted by Gasteiger charge is -2.26. The van der Waals surface area contributed by atoms with Gasteiger partial charge < -0.3 is 14.5 Å². The molecule has 4 rings (SSSR count). The van der Waals surface area contributed by atoms with E-state index < -0.39 is 16.2 Å². The quantitative estimate of drug-likeness (QED) is 0.677. The number of aryl methyl sites for hydroxylation is 2. The van der Waals surface area contributed by atoms with Crippen LogP contribution in [0.1, 0.15) is 18.2 Å². The molecule has 0 saturated heterocycles. The minimum atomic E-state index is -3.84. The van der Waals surface area contributed by atoms with E-state index in [1.165, 1.54) is 12.1 Å². The Kier molecular flexibility index (Phi) is 4.57. The highest BCUT2D eigenvalue weighted by atomic mass is 32.2. The van der Waals surface area contributed by atoms with Crippen molar-refractivity contribution >= 4 is 21.0 Å². The largest absolute Gasteiger partial charge is 0.486 e. The SMILES string of the molecule is CCc1cc2c3c(ccc2[nH]1)OCC(COS(=O)(=O)c1ccc(C)cc1)O3. The fraction of sp³-hybridized carbons (Fsp3) is 0.300. The van der Waals surface area contributed by atoms with Gasteiger partial charge >= 0.3 is 0 Å². The van der Waals surface area contributed by atoms with E-state index in [9.17, 15) is 8.42 Å². The molecule has 0 radical (unpaired) electrons. The molecule has 142 valence electrons. The standard InChI is InChI=1S/C20H21NO5S/c1-3-14-10-17-18(21-14)8-9-19-20(17)26-15(11-24-19)12-25-27(22,23)16-6-4-13(2)5-7-16/h4-10,15,21H,3,11-12H2,1-2H3. The normalized spacial score (nSPS) is 16.6. The average Bonchev–Trinajstić information content (AvgIpc) is 3.10. The predicted molar refractivity (Wildman–Crippen MR) is 102 cm³/mol. The molecule has 1 atom stereocenters. The number of benzene rings is 2. The van der Waals surface area contributed by atoms with Crippen molar-refractivity contribution in [3.8, 4) is 11.5 Å². The number of aromatic nitrogens is 1. The van der Waals surface area contributed by atoms with E-state index in [4.69, 9.17) is 13.7 Å². The van der Waals surface area contributed by atoms with Gasteiger partial charge in [-0.1, -0.05) is 24.6 Å². The monoisotopic (exact) mass is 387 g/mol. The zero-order valence-electron chi connectivity index (χ0n) is 15.2. The van der Waals surface area contributed by atoms with Crippen molar-refractivity contribution in [2.45, 2.75) is 31.3 Å². The Balaban J connectivity index is 1.51. The summed E-state index contributed by atoms with van der Waals surface area (Å²) < 4.78 is 41.7. The van der Waals surface area contributed by atoms with Gasteiger partial charge in [0.1, 0.15) is 13.2 Å². The third-order valence-corrected chi connectivity index (χ3v) is 5.88. The van der Waals surface area contributed by atoms with Gasteiger partial charge in [-0.15, -0.1) is 0 Å². The first-order valence-corrected chi connectivity index (χ1v) is 10.3. The molecule has 1 aliphatic heterocycles. The van der Waals surface area contributed by atoms with Crippen LogP contribution in [-0.2, 0) is 20.7 Å². The number of H-pyrrole nitrogens is 1. The zero-order chi connectivity index (χ0) is 19.0. The van der Waals surface area contributed by atoms with Gasteiger partial charge in [-0.3, -0.25) is 4.18 Å². The maximum Gasteiger partial charge on any atom is 0.297 e. The van der Waals surface area contributed by atoms with Crippen LogP contribution in [0.4, 0.5) is 0 Å². The Hall–Kier alpha value is -2.51. The molecular weight excluding hydrogens is 366 g/mol. The summed E-state index contributed by atoms with van der Waals surface area (Å²) in [5.74, 6) is 1.28. The Labute approximate surface area is 158 Å². The molecule has 6 nitrogen and oxygen atoms in total. The molecule has 3 aromatic rings. The smallest absolute Gasteiger partial charge is 0.297 e. The van der Waals surface area contributed by atoms with E-state index in [-0.39, 0.29) is 18.1 Å². The van der Waals surface area contributed by atoms with Crippen LogP contribution in [0, 0.1) is 6.92 Å². The number of nitrogens with one attached hydrogen (secondary N) is 1. The van der Waals surface area contributed by atoms with Crippen LogP contribution >= 0.6 is 0 Å². The first-order valence-electron chi connectivity index (χ1n) is 8.86. The molecule has 27 heavy (non-hydrogen) atoms. The van der Waals surface area contributed by atoms with Gasteiger partial charge in [-0.25, -0.2) is 0 Å². The lowest BCUT2D eigenvalue weighted by Crippen LogP contribution is -2.34. The molecule has 1 N–H and O–H groups in total. The Morgan fingerprint density at radius 3 is 2.70 bits per heavy atom. The van der Waals surface area contributed by atoms with E-state index in [1.807, 2.05) is 25.1 Å². The zero-order valence-corrected chi connectivity index (χ0v) is 16.0. The van der Waals surface area contributed by atoms with Gasteiger partial charge in [0.15, 0.2) is 17.6 Å². The van der Waals surface area contributed by atoms with Crippen LogP contribution in [0.3, 0.4) is 0 Å². The lowest BCUT2D eigenvalue weighted by atomic mass is 10.2. The summed E-state index contributed by atoms with van der Waals surface area (Å²) in [6, 6.07) is 12.4. The molecule has 0 aliphatic carbocycles. The molecule has 0 saturated carbocycles. The van der Waals surface area contributed by atoms with Crippen molar-refractivity contribution in [3.63, 3.8) is 0 Å². The van der Waals surface area contributed by atoms with Gasteiger partial charge in [0, 0.05) is 16.6 Å². The molecule has 0 spiro atoms. The Morgan fingerprint density at radius 1 is 1.19 bits per heavy atom. The Morgan fingerprint density at radius 2 is 1.96 bits per heavy atom.